The number of ether oxygens (including phenoxy) is 2. The maximum atomic E-state index is 12.6. The van der Waals surface area contributed by atoms with Crippen molar-refractivity contribution in [3.8, 4) is 22.8 Å². The summed E-state index contributed by atoms with van der Waals surface area (Å²) in [5.74, 6) is 0.824. The summed E-state index contributed by atoms with van der Waals surface area (Å²) >= 11 is 7.81. The monoisotopic (exact) mass is 479 g/mol. The highest BCUT2D eigenvalue weighted by atomic mass is 35.5. The molecule has 2 aromatic rings. The molecule has 3 rings (SSSR count). The highest BCUT2D eigenvalue weighted by molar-refractivity contribution is 7.99. The number of aliphatic carboxylic acids is 1. The van der Waals surface area contributed by atoms with E-state index in [1.54, 1.807) is 18.3 Å². The molecule has 0 saturated heterocycles. The van der Waals surface area contributed by atoms with Crippen LogP contribution in [0.15, 0.2) is 29.2 Å². The Morgan fingerprint density at radius 2 is 2.09 bits per heavy atom. The van der Waals surface area contributed by atoms with Gasteiger partial charge in [-0.15, -0.1) is 0 Å². The second-order valence-electron chi connectivity index (χ2n) is 7.95. The van der Waals surface area contributed by atoms with Crippen LogP contribution in [0.3, 0.4) is 0 Å². The molecule has 0 bridgehead atoms. The fourth-order valence-corrected chi connectivity index (χ4v) is 4.40. The molecular weight excluding hydrogens is 454 g/mol. The van der Waals surface area contributed by atoms with Gasteiger partial charge < -0.3 is 19.1 Å². The molecule has 172 valence electrons. The molecule has 32 heavy (non-hydrogen) atoms. The minimum absolute atomic E-state index is 0.0641. The van der Waals surface area contributed by atoms with Crippen molar-refractivity contribution in [1.29, 1.82) is 0 Å². The maximum absolute atomic E-state index is 12.6. The van der Waals surface area contributed by atoms with Gasteiger partial charge in [0.25, 0.3) is 0 Å². The molecule has 0 spiro atoms. The molecule has 2 heterocycles. The molecule has 0 saturated carbocycles. The van der Waals surface area contributed by atoms with Crippen LogP contribution < -0.4 is 14.9 Å². The van der Waals surface area contributed by atoms with Crippen LogP contribution in [0.4, 0.5) is 0 Å². The number of benzene rings is 1. The van der Waals surface area contributed by atoms with Gasteiger partial charge in [-0.1, -0.05) is 25.4 Å². The largest absolute Gasteiger partial charge is 0.492 e. The third kappa shape index (κ3) is 5.48. The summed E-state index contributed by atoms with van der Waals surface area (Å²) in [5, 5.41) is 9.06. The first-order valence-corrected chi connectivity index (χ1v) is 11.9. The topological polar surface area (TPSA) is 94.8 Å². The number of carbonyl (C=O) groups excluding carboxylic acids is 1. The Labute approximate surface area is 195 Å². The SMILES string of the molecule is CC(=O)c1cn2c(cc1=O)-c1cc(Cl)c(OCCCSCC(=O)O)cc1OCC2C(C)C. The second kappa shape index (κ2) is 10.4. The lowest BCUT2D eigenvalue weighted by atomic mass is 10.0. The third-order valence-corrected chi connectivity index (χ3v) is 6.55. The summed E-state index contributed by atoms with van der Waals surface area (Å²) in [7, 11) is 0. The maximum Gasteiger partial charge on any atom is 0.313 e. The van der Waals surface area contributed by atoms with Gasteiger partial charge in [0.15, 0.2) is 11.2 Å². The smallest absolute Gasteiger partial charge is 0.313 e. The van der Waals surface area contributed by atoms with Crippen molar-refractivity contribution in [2.24, 2.45) is 5.92 Å². The summed E-state index contributed by atoms with van der Waals surface area (Å²) in [4.78, 5) is 35.1. The Balaban J connectivity index is 1.91. The van der Waals surface area contributed by atoms with Crippen LogP contribution in [-0.2, 0) is 4.79 Å². The fourth-order valence-electron chi connectivity index (χ4n) is 3.54. The molecule has 0 amide bonds. The van der Waals surface area contributed by atoms with Gasteiger partial charge >= 0.3 is 5.97 Å². The Bertz CT molecular complexity index is 1080. The standard InChI is InChI=1S/C23H26ClNO6S/c1-13(2)19-11-31-21-9-22(30-5-4-6-32-12-23(28)29)17(24)7-15(21)18-8-20(27)16(14(3)26)10-25(18)19/h7-10,13,19H,4-6,11-12H2,1-3H3,(H,28,29). The molecule has 9 heteroatoms. The molecule has 1 aromatic carbocycles. The van der Waals surface area contributed by atoms with E-state index in [4.69, 9.17) is 26.2 Å². The molecule has 1 aliphatic heterocycles. The molecule has 1 unspecified atom stereocenters. The Morgan fingerprint density at radius 1 is 1.34 bits per heavy atom. The second-order valence-corrected chi connectivity index (χ2v) is 9.46. The molecule has 1 aliphatic rings. The fraction of sp³-hybridized carbons (Fsp3) is 0.435. The van der Waals surface area contributed by atoms with Crippen LogP contribution in [0.5, 0.6) is 11.5 Å². The van der Waals surface area contributed by atoms with Gasteiger partial charge in [-0.2, -0.15) is 11.8 Å². The van der Waals surface area contributed by atoms with Gasteiger partial charge in [-0.05, 0) is 31.1 Å². The molecule has 1 N–H and O–H groups in total. The first-order valence-electron chi connectivity index (χ1n) is 10.3. The normalized spacial score (nSPS) is 14.8. The zero-order valence-electron chi connectivity index (χ0n) is 18.2. The number of fused-ring (bicyclic) bond motifs is 3. The number of carboxylic acid groups (broad SMARTS) is 1. The average Bonchev–Trinajstić information content (AvgIpc) is 2.86. The number of nitrogens with zero attached hydrogens (tertiary/aromatic N) is 1. The van der Waals surface area contributed by atoms with Crippen molar-refractivity contribution in [2.45, 2.75) is 33.2 Å². The van der Waals surface area contributed by atoms with Crippen LogP contribution in [0, 0.1) is 5.92 Å². The summed E-state index contributed by atoms with van der Waals surface area (Å²) in [6, 6.07) is 4.83. The van der Waals surface area contributed by atoms with Crippen LogP contribution in [-0.4, -0.2) is 46.1 Å². The lowest BCUT2D eigenvalue weighted by molar-refractivity contribution is -0.133. The van der Waals surface area contributed by atoms with E-state index in [1.807, 2.05) is 4.57 Å². The van der Waals surface area contributed by atoms with Crippen LogP contribution in [0.1, 0.15) is 43.6 Å². The minimum atomic E-state index is -0.837. The lowest BCUT2D eigenvalue weighted by Crippen LogP contribution is -2.25. The molecule has 1 aromatic heterocycles. The predicted octanol–water partition coefficient (Wildman–Crippen LogP) is 4.55. The van der Waals surface area contributed by atoms with Crippen molar-refractivity contribution >= 4 is 35.1 Å². The number of hydrogen-bond donors (Lipinski definition) is 1. The van der Waals surface area contributed by atoms with Crippen molar-refractivity contribution in [3.05, 3.63) is 45.2 Å². The molecular formula is C23H26ClNO6S. The Morgan fingerprint density at radius 3 is 2.75 bits per heavy atom. The summed E-state index contributed by atoms with van der Waals surface area (Å²) < 4.78 is 13.8. The Kier molecular flexibility index (Phi) is 7.90. The van der Waals surface area contributed by atoms with E-state index in [0.29, 0.717) is 53.2 Å². The first-order chi connectivity index (χ1) is 15.2. The number of aromatic nitrogens is 1. The molecule has 0 aliphatic carbocycles. The zero-order valence-corrected chi connectivity index (χ0v) is 19.8. The summed E-state index contributed by atoms with van der Waals surface area (Å²) in [5.41, 5.74) is 1.11. The van der Waals surface area contributed by atoms with Gasteiger partial charge in [0.1, 0.15) is 18.1 Å². The van der Waals surface area contributed by atoms with Crippen molar-refractivity contribution < 1.29 is 24.2 Å². The zero-order chi connectivity index (χ0) is 23.4. The van der Waals surface area contributed by atoms with E-state index in [9.17, 15) is 14.4 Å². The molecule has 0 radical (unpaired) electrons. The molecule has 0 fully saturated rings. The number of Topliss-reactive ketones (excluding diaryl/α,β-unsaturated/α-hetero) is 1. The van der Waals surface area contributed by atoms with E-state index in [2.05, 4.69) is 13.8 Å². The van der Waals surface area contributed by atoms with E-state index in [-0.39, 0.29) is 34.5 Å². The van der Waals surface area contributed by atoms with E-state index < -0.39 is 5.97 Å². The first kappa shape index (κ1) is 24.2. The number of halogens is 1. The number of carboxylic acids is 1. The van der Waals surface area contributed by atoms with E-state index in [0.717, 1.165) is 0 Å². The van der Waals surface area contributed by atoms with Gasteiger partial charge in [-0.25, -0.2) is 0 Å². The van der Waals surface area contributed by atoms with E-state index in [1.165, 1.54) is 24.8 Å². The quantitative estimate of drug-likeness (QED) is 0.416. The van der Waals surface area contributed by atoms with E-state index >= 15 is 0 Å². The van der Waals surface area contributed by atoms with Gasteiger partial charge in [0.05, 0.1) is 34.7 Å². The van der Waals surface area contributed by atoms with Crippen LogP contribution >= 0.6 is 23.4 Å². The number of rotatable bonds is 9. The molecule has 1 atom stereocenters. The van der Waals surface area contributed by atoms with Gasteiger partial charge in [-0.3, -0.25) is 14.4 Å². The van der Waals surface area contributed by atoms with Crippen LogP contribution in [0.25, 0.3) is 11.3 Å². The van der Waals surface area contributed by atoms with Crippen molar-refractivity contribution in [2.75, 3.05) is 24.7 Å². The lowest BCUT2D eigenvalue weighted by Gasteiger charge is -2.24. The number of ketones is 1. The van der Waals surface area contributed by atoms with Gasteiger partial charge in [0.2, 0.25) is 0 Å². The number of hydrogen-bond acceptors (Lipinski definition) is 6. The Hall–Kier alpha value is -2.45. The van der Waals surface area contributed by atoms with Crippen molar-refractivity contribution in [3.63, 3.8) is 0 Å². The highest BCUT2D eigenvalue weighted by Crippen LogP contribution is 2.42. The summed E-state index contributed by atoms with van der Waals surface area (Å²) in [6.07, 6.45) is 2.30. The number of pyridine rings is 1. The van der Waals surface area contributed by atoms with Crippen LogP contribution in [0.2, 0.25) is 5.02 Å². The molecule has 7 nitrogen and oxygen atoms in total. The summed E-state index contributed by atoms with van der Waals surface area (Å²) in [6.45, 7) is 6.25. The number of carbonyl (C=O) groups is 2. The highest BCUT2D eigenvalue weighted by Gasteiger charge is 2.27. The minimum Gasteiger partial charge on any atom is -0.492 e. The third-order valence-electron chi connectivity index (χ3n) is 5.22. The number of thioether (sulfide) groups is 1. The van der Waals surface area contributed by atoms with Crippen molar-refractivity contribution in [1.82, 2.24) is 4.57 Å². The predicted molar refractivity (Wildman–Crippen MR) is 126 cm³/mol. The average molecular weight is 480 g/mol. The van der Waals surface area contributed by atoms with Gasteiger partial charge in [0, 0.05) is 23.9 Å².